The van der Waals surface area contributed by atoms with Gasteiger partial charge in [-0.15, -0.1) is 0 Å². The number of aromatic nitrogens is 1. The van der Waals surface area contributed by atoms with E-state index in [0.29, 0.717) is 22.7 Å². The summed E-state index contributed by atoms with van der Waals surface area (Å²) in [5.74, 6) is 0.484. The van der Waals surface area contributed by atoms with Crippen LogP contribution < -0.4 is 11.1 Å². The third-order valence-corrected chi connectivity index (χ3v) is 5.36. The maximum atomic E-state index is 13.8. The first kappa shape index (κ1) is 21.1. The zero-order valence-corrected chi connectivity index (χ0v) is 17.0. The molecular formula is C24H23F3N4. The molecule has 4 N–H and O–H groups in total. The van der Waals surface area contributed by atoms with Crippen LogP contribution in [0.4, 0.5) is 24.5 Å². The Morgan fingerprint density at radius 2 is 1.84 bits per heavy atom. The SMILES string of the molecule is C[C@H](N)C(=N)c1cc(C2CC2)ccc1Nc1cnc(-c2ccccc2)c(C(F)(F)F)c1. The van der Waals surface area contributed by atoms with Crippen LogP contribution in [0.25, 0.3) is 11.3 Å². The summed E-state index contributed by atoms with van der Waals surface area (Å²) in [6, 6.07) is 14.5. The molecular weight excluding hydrogens is 401 g/mol. The highest BCUT2D eigenvalue weighted by Crippen LogP contribution is 2.42. The number of alkyl halides is 3. The van der Waals surface area contributed by atoms with Crippen LogP contribution in [-0.2, 0) is 6.18 Å². The zero-order valence-electron chi connectivity index (χ0n) is 17.0. The quantitative estimate of drug-likeness (QED) is 0.418. The van der Waals surface area contributed by atoms with Gasteiger partial charge in [-0.1, -0.05) is 36.4 Å². The molecule has 0 unspecified atom stereocenters. The second kappa shape index (κ2) is 8.15. The smallest absolute Gasteiger partial charge is 0.354 e. The lowest BCUT2D eigenvalue weighted by Crippen LogP contribution is -2.27. The van der Waals surface area contributed by atoms with E-state index < -0.39 is 17.8 Å². The number of nitrogens with zero attached hydrogens (tertiary/aromatic N) is 1. The molecule has 1 aliphatic rings. The lowest BCUT2D eigenvalue weighted by atomic mass is 9.98. The van der Waals surface area contributed by atoms with Crippen LogP contribution in [0.3, 0.4) is 0 Å². The van der Waals surface area contributed by atoms with E-state index in [2.05, 4.69) is 10.3 Å². The van der Waals surface area contributed by atoms with Crippen LogP contribution in [0.5, 0.6) is 0 Å². The third-order valence-electron chi connectivity index (χ3n) is 5.36. The Labute approximate surface area is 178 Å². The van der Waals surface area contributed by atoms with Crippen molar-refractivity contribution in [2.75, 3.05) is 5.32 Å². The van der Waals surface area contributed by atoms with Gasteiger partial charge in [-0.05, 0) is 49.4 Å². The number of anilines is 2. The van der Waals surface area contributed by atoms with Crippen molar-refractivity contribution in [1.82, 2.24) is 4.98 Å². The van der Waals surface area contributed by atoms with Gasteiger partial charge in [-0.3, -0.25) is 4.98 Å². The first-order chi connectivity index (χ1) is 14.7. The van der Waals surface area contributed by atoms with Gasteiger partial charge in [-0.25, -0.2) is 0 Å². The number of hydrogen-bond acceptors (Lipinski definition) is 4. The van der Waals surface area contributed by atoms with Crippen molar-refractivity contribution >= 4 is 17.1 Å². The van der Waals surface area contributed by atoms with Crippen molar-refractivity contribution in [3.8, 4) is 11.3 Å². The number of benzene rings is 2. The number of hydrogen-bond donors (Lipinski definition) is 3. The largest absolute Gasteiger partial charge is 0.418 e. The Bertz CT molecular complexity index is 1100. The lowest BCUT2D eigenvalue weighted by molar-refractivity contribution is -0.137. The van der Waals surface area contributed by atoms with Gasteiger partial charge in [0.25, 0.3) is 0 Å². The fourth-order valence-electron chi connectivity index (χ4n) is 3.54. The minimum atomic E-state index is -4.56. The van der Waals surface area contributed by atoms with E-state index in [1.54, 1.807) is 43.3 Å². The Morgan fingerprint density at radius 3 is 2.45 bits per heavy atom. The second-order valence-corrected chi connectivity index (χ2v) is 7.89. The monoisotopic (exact) mass is 424 g/mol. The van der Waals surface area contributed by atoms with Gasteiger partial charge >= 0.3 is 6.18 Å². The third kappa shape index (κ3) is 4.61. The molecule has 3 aromatic rings. The van der Waals surface area contributed by atoms with Gasteiger partial charge < -0.3 is 16.5 Å². The lowest BCUT2D eigenvalue weighted by Gasteiger charge is -2.18. The maximum Gasteiger partial charge on any atom is 0.418 e. The fraction of sp³-hybridized carbons (Fsp3) is 0.250. The van der Waals surface area contributed by atoms with Crippen molar-refractivity contribution in [2.45, 2.75) is 37.9 Å². The van der Waals surface area contributed by atoms with Crippen LogP contribution in [-0.4, -0.2) is 16.7 Å². The summed E-state index contributed by atoms with van der Waals surface area (Å²) < 4.78 is 41.4. The maximum absolute atomic E-state index is 13.8. The van der Waals surface area contributed by atoms with Gasteiger partial charge in [0, 0.05) is 22.9 Å². The summed E-state index contributed by atoms with van der Waals surface area (Å²) in [5.41, 5.74) is 8.07. The summed E-state index contributed by atoms with van der Waals surface area (Å²) in [6.07, 6.45) is -0.965. The van der Waals surface area contributed by atoms with Crippen molar-refractivity contribution in [3.63, 3.8) is 0 Å². The minimum absolute atomic E-state index is 0.119. The van der Waals surface area contributed by atoms with E-state index in [1.165, 1.54) is 6.20 Å². The highest BCUT2D eigenvalue weighted by molar-refractivity contribution is 6.06. The standard InChI is InChI=1S/C24H23F3N4/c1-14(28)22(29)19-11-17(15-7-8-15)9-10-21(19)31-18-12-20(24(25,26)27)23(30-13-18)16-5-3-2-4-6-16/h2-6,9-15,29,31H,7-8,28H2,1H3/t14-/m0/s1. The molecule has 0 amide bonds. The molecule has 31 heavy (non-hydrogen) atoms. The highest BCUT2D eigenvalue weighted by atomic mass is 19.4. The van der Waals surface area contributed by atoms with Gasteiger partial charge in [-0.2, -0.15) is 13.2 Å². The van der Waals surface area contributed by atoms with E-state index in [0.717, 1.165) is 24.5 Å². The molecule has 0 bridgehead atoms. The summed E-state index contributed by atoms with van der Waals surface area (Å²) in [6.45, 7) is 1.72. The Hall–Kier alpha value is -3.19. The average Bonchev–Trinajstić information content (AvgIpc) is 3.59. The molecule has 1 aromatic heterocycles. The van der Waals surface area contributed by atoms with E-state index >= 15 is 0 Å². The predicted molar refractivity (Wildman–Crippen MR) is 117 cm³/mol. The topological polar surface area (TPSA) is 74.8 Å². The van der Waals surface area contributed by atoms with E-state index in [9.17, 15) is 13.2 Å². The first-order valence-electron chi connectivity index (χ1n) is 10.1. The van der Waals surface area contributed by atoms with Crippen molar-refractivity contribution in [2.24, 2.45) is 5.73 Å². The molecule has 1 heterocycles. The van der Waals surface area contributed by atoms with Crippen molar-refractivity contribution in [3.05, 3.63) is 77.5 Å². The first-order valence-corrected chi connectivity index (χ1v) is 10.1. The van der Waals surface area contributed by atoms with E-state index in [-0.39, 0.29) is 17.1 Å². The molecule has 7 heteroatoms. The number of rotatable bonds is 6. The molecule has 0 radical (unpaired) electrons. The van der Waals surface area contributed by atoms with Gasteiger partial charge in [0.1, 0.15) is 0 Å². The van der Waals surface area contributed by atoms with Crippen molar-refractivity contribution < 1.29 is 13.2 Å². The molecule has 0 aliphatic heterocycles. The number of pyridine rings is 1. The summed E-state index contributed by atoms with van der Waals surface area (Å²) >= 11 is 0. The van der Waals surface area contributed by atoms with Crippen LogP contribution in [0.1, 0.15) is 42.4 Å². The summed E-state index contributed by atoms with van der Waals surface area (Å²) in [7, 11) is 0. The van der Waals surface area contributed by atoms with Gasteiger partial charge in [0.05, 0.1) is 28.9 Å². The Balaban J connectivity index is 1.73. The number of halogens is 3. The van der Waals surface area contributed by atoms with Crippen LogP contribution in [0.15, 0.2) is 60.8 Å². The van der Waals surface area contributed by atoms with Crippen LogP contribution >= 0.6 is 0 Å². The summed E-state index contributed by atoms with van der Waals surface area (Å²) in [4.78, 5) is 4.12. The van der Waals surface area contributed by atoms with Crippen molar-refractivity contribution in [1.29, 1.82) is 5.41 Å². The van der Waals surface area contributed by atoms with Crippen LogP contribution in [0.2, 0.25) is 0 Å². The number of nitrogens with one attached hydrogen (secondary N) is 2. The molecule has 0 spiro atoms. The molecule has 1 fully saturated rings. The molecule has 1 aliphatic carbocycles. The van der Waals surface area contributed by atoms with Gasteiger partial charge in [0.2, 0.25) is 0 Å². The van der Waals surface area contributed by atoms with Crippen LogP contribution in [0, 0.1) is 5.41 Å². The molecule has 4 rings (SSSR count). The normalized spacial score (nSPS) is 14.9. The van der Waals surface area contributed by atoms with Gasteiger partial charge in [0.15, 0.2) is 0 Å². The average molecular weight is 424 g/mol. The Morgan fingerprint density at radius 1 is 1.13 bits per heavy atom. The summed E-state index contributed by atoms with van der Waals surface area (Å²) in [5, 5.41) is 11.4. The zero-order chi connectivity index (χ0) is 22.2. The second-order valence-electron chi connectivity index (χ2n) is 7.89. The predicted octanol–water partition coefficient (Wildman–Crippen LogP) is 6.10. The molecule has 2 aromatic carbocycles. The molecule has 1 atom stereocenters. The van der Waals surface area contributed by atoms with E-state index in [4.69, 9.17) is 11.1 Å². The van der Waals surface area contributed by atoms with E-state index in [1.807, 2.05) is 12.1 Å². The highest BCUT2D eigenvalue weighted by Gasteiger charge is 2.35. The molecule has 160 valence electrons. The minimum Gasteiger partial charge on any atom is -0.354 e. The molecule has 0 saturated heterocycles. The molecule has 1 saturated carbocycles. The molecule has 4 nitrogen and oxygen atoms in total. The fourth-order valence-corrected chi connectivity index (χ4v) is 3.54. The Kier molecular flexibility index (Phi) is 5.54. The number of nitrogens with two attached hydrogens (primary N) is 1.